The summed E-state index contributed by atoms with van der Waals surface area (Å²) in [5, 5.41) is 13.5. The van der Waals surface area contributed by atoms with Gasteiger partial charge in [0.05, 0.1) is 4.92 Å². The molecule has 1 unspecified atom stereocenters. The number of halogens is 1. The molecule has 6 heteroatoms. The summed E-state index contributed by atoms with van der Waals surface area (Å²) in [5.74, 6) is 0.196. The molecular weight excluding hydrogens is 312 g/mol. The lowest BCUT2D eigenvalue weighted by atomic mass is 10.1. The van der Waals surface area contributed by atoms with Crippen molar-refractivity contribution >= 4 is 27.5 Å². The molecule has 5 nitrogen and oxygen atoms in total. The van der Waals surface area contributed by atoms with E-state index in [2.05, 4.69) is 35.1 Å². The molecule has 0 saturated carbocycles. The van der Waals surface area contributed by atoms with E-state index in [1.165, 1.54) is 18.2 Å². The number of alkyl halides is 1. The van der Waals surface area contributed by atoms with Gasteiger partial charge < -0.3 is 5.32 Å². The fraction of sp³-hybridized carbons (Fsp3) is 0.462. The zero-order valence-corrected chi connectivity index (χ0v) is 12.7. The van der Waals surface area contributed by atoms with E-state index in [-0.39, 0.29) is 16.4 Å². The molecule has 0 aromatic heterocycles. The van der Waals surface area contributed by atoms with Gasteiger partial charge in [0.1, 0.15) is 0 Å². The standard InChI is InChI=1S/C13H17BrN2O3/c1-8(2)11(14)7-15-13(17)10-4-5-12(16(18)19)9(3)6-10/h4-6,8,11H,7H2,1-3H3,(H,15,17). The van der Waals surface area contributed by atoms with Crippen LogP contribution in [0.1, 0.15) is 29.8 Å². The molecule has 0 radical (unpaired) electrons. The third-order valence-electron chi connectivity index (χ3n) is 2.84. The predicted octanol–water partition coefficient (Wildman–Crippen LogP) is 3.05. The summed E-state index contributed by atoms with van der Waals surface area (Å²) < 4.78 is 0. The number of hydrogen-bond donors (Lipinski definition) is 1. The highest BCUT2D eigenvalue weighted by atomic mass is 79.9. The number of rotatable bonds is 5. The van der Waals surface area contributed by atoms with E-state index in [9.17, 15) is 14.9 Å². The summed E-state index contributed by atoms with van der Waals surface area (Å²) in [6.45, 7) is 6.26. The lowest BCUT2D eigenvalue weighted by Crippen LogP contribution is -2.31. The first-order valence-corrected chi connectivity index (χ1v) is 6.91. The van der Waals surface area contributed by atoms with Gasteiger partial charge in [-0.2, -0.15) is 0 Å². The Morgan fingerprint density at radius 3 is 2.58 bits per heavy atom. The van der Waals surface area contributed by atoms with E-state index in [4.69, 9.17) is 0 Å². The number of amides is 1. The Morgan fingerprint density at radius 2 is 2.11 bits per heavy atom. The van der Waals surface area contributed by atoms with Crippen molar-refractivity contribution in [2.75, 3.05) is 6.54 Å². The van der Waals surface area contributed by atoms with Crippen LogP contribution in [0.4, 0.5) is 5.69 Å². The van der Waals surface area contributed by atoms with Gasteiger partial charge in [0.15, 0.2) is 0 Å². The summed E-state index contributed by atoms with van der Waals surface area (Å²) >= 11 is 3.48. The number of aryl methyl sites for hydroxylation is 1. The molecule has 1 rings (SSSR count). The highest BCUT2D eigenvalue weighted by Gasteiger charge is 2.15. The minimum atomic E-state index is -0.454. The van der Waals surface area contributed by atoms with Gasteiger partial charge in [0.2, 0.25) is 0 Å². The fourth-order valence-electron chi connectivity index (χ4n) is 1.53. The number of nitrogens with zero attached hydrogens (tertiary/aromatic N) is 1. The Kier molecular flexibility index (Phi) is 5.47. The molecule has 104 valence electrons. The van der Waals surface area contributed by atoms with Gasteiger partial charge in [-0.25, -0.2) is 0 Å². The largest absolute Gasteiger partial charge is 0.351 e. The summed E-state index contributed by atoms with van der Waals surface area (Å²) in [6, 6.07) is 4.36. The maximum Gasteiger partial charge on any atom is 0.272 e. The number of benzene rings is 1. The average molecular weight is 329 g/mol. The van der Waals surface area contributed by atoms with Gasteiger partial charge in [-0.15, -0.1) is 0 Å². The van der Waals surface area contributed by atoms with Gasteiger partial charge in [0.25, 0.3) is 11.6 Å². The van der Waals surface area contributed by atoms with Crippen molar-refractivity contribution < 1.29 is 9.72 Å². The highest BCUT2D eigenvalue weighted by molar-refractivity contribution is 9.09. The molecule has 0 saturated heterocycles. The molecule has 0 aliphatic heterocycles. The highest BCUT2D eigenvalue weighted by Crippen LogP contribution is 2.19. The summed E-state index contributed by atoms with van der Waals surface area (Å²) in [4.78, 5) is 22.3. The molecule has 1 aromatic rings. The maximum atomic E-state index is 11.9. The second-order valence-corrected chi connectivity index (χ2v) is 5.90. The molecule has 1 atom stereocenters. The Morgan fingerprint density at radius 1 is 1.47 bits per heavy atom. The number of nitro benzene ring substituents is 1. The summed E-state index contributed by atoms with van der Waals surface area (Å²) in [7, 11) is 0. The first-order valence-electron chi connectivity index (χ1n) is 6.00. The van der Waals surface area contributed by atoms with Crippen LogP contribution in [-0.4, -0.2) is 22.2 Å². The first kappa shape index (κ1) is 15.6. The van der Waals surface area contributed by atoms with Crippen LogP contribution in [0.3, 0.4) is 0 Å². The number of hydrogen-bond acceptors (Lipinski definition) is 3. The minimum absolute atomic E-state index is 0.0251. The number of nitrogens with one attached hydrogen (secondary N) is 1. The van der Waals surface area contributed by atoms with E-state index in [0.717, 1.165) is 0 Å². The first-order chi connectivity index (χ1) is 8.82. The van der Waals surface area contributed by atoms with Crippen LogP contribution in [0.25, 0.3) is 0 Å². The van der Waals surface area contributed by atoms with E-state index in [1.807, 2.05) is 0 Å². The predicted molar refractivity (Wildman–Crippen MR) is 77.7 cm³/mol. The molecule has 0 bridgehead atoms. The van der Waals surface area contributed by atoms with Gasteiger partial charge in [-0.1, -0.05) is 29.8 Å². The monoisotopic (exact) mass is 328 g/mol. The smallest absolute Gasteiger partial charge is 0.272 e. The quantitative estimate of drug-likeness (QED) is 0.513. The molecule has 1 N–H and O–H groups in total. The van der Waals surface area contributed by atoms with Crippen molar-refractivity contribution in [2.45, 2.75) is 25.6 Å². The van der Waals surface area contributed by atoms with Crippen molar-refractivity contribution in [3.63, 3.8) is 0 Å². The lowest BCUT2D eigenvalue weighted by molar-refractivity contribution is -0.385. The van der Waals surface area contributed by atoms with Crippen molar-refractivity contribution in [2.24, 2.45) is 5.92 Å². The molecule has 0 aliphatic carbocycles. The zero-order chi connectivity index (χ0) is 14.6. The van der Waals surface area contributed by atoms with E-state index in [1.54, 1.807) is 6.92 Å². The number of carbonyl (C=O) groups excluding carboxylic acids is 1. The van der Waals surface area contributed by atoms with E-state index >= 15 is 0 Å². The Balaban J connectivity index is 2.73. The normalized spacial score (nSPS) is 12.3. The molecule has 0 heterocycles. The Labute approximate surface area is 120 Å². The van der Waals surface area contributed by atoms with Crippen LogP contribution < -0.4 is 5.32 Å². The van der Waals surface area contributed by atoms with Crippen molar-refractivity contribution in [1.82, 2.24) is 5.32 Å². The van der Waals surface area contributed by atoms with Crippen LogP contribution in [-0.2, 0) is 0 Å². The van der Waals surface area contributed by atoms with Crippen molar-refractivity contribution in [3.8, 4) is 0 Å². The molecular formula is C13H17BrN2O3. The maximum absolute atomic E-state index is 11.9. The van der Waals surface area contributed by atoms with Crippen LogP contribution in [0.2, 0.25) is 0 Å². The van der Waals surface area contributed by atoms with Crippen molar-refractivity contribution in [1.29, 1.82) is 0 Å². The number of carbonyl (C=O) groups is 1. The van der Waals surface area contributed by atoms with E-state index in [0.29, 0.717) is 23.6 Å². The number of nitro groups is 1. The molecule has 0 fully saturated rings. The lowest BCUT2D eigenvalue weighted by Gasteiger charge is -2.14. The zero-order valence-electron chi connectivity index (χ0n) is 11.1. The Bertz CT molecular complexity index is 489. The van der Waals surface area contributed by atoms with Crippen LogP contribution >= 0.6 is 15.9 Å². The van der Waals surface area contributed by atoms with Crippen LogP contribution in [0, 0.1) is 23.0 Å². The van der Waals surface area contributed by atoms with Gasteiger partial charge >= 0.3 is 0 Å². The van der Waals surface area contributed by atoms with Crippen LogP contribution in [0.15, 0.2) is 18.2 Å². The molecule has 1 aromatic carbocycles. The summed E-state index contributed by atoms with van der Waals surface area (Å²) in [5.41, 5.74) is 0.945. The molecule has 0 spiro atoms. The SMILES string of the molecule is Cc1cc(C(=O)NCC(Br)C(C)C)ccc1[N+](=O)[O-]. The minimum Gasteiger partial charge on any atom is -0.351 e. The topological polar surface area (TPSA) is 72.2 Å². The van der Waals surface area contributed by atoms with Crippen LogP contribution in [0.5, 0.6) is 0 Å². The van der Waals surface area contributed by atoms with Gasteiger partial charge in [-0.05, 0) is 25.0 Å². The second kappa shape index (κ2) is 6.65. The van der Waals surface area contributed by atoms with E-state index < -0.39 is 4.92 Å². The molecule has 1 amide bonds. The fourth-order valence-corrected chi connectivity index (χ4v) is 1.69. The average Bonchev–Trinajstić information content (AvgIpc) is 2.34. The molecule has 19 heavy (non-hydrogen) atoms. The third kappa shape index (κ3) is 4.31. The third-order valence-corrected chi connectivity index (χ3v) is 4.22. The second-order valence-electron chi connectivity index (χ2n) is 4.73. The molecule has 0 aliphatic rings. The van der Waals surface area contributed by atoms with Gasteiger partial charge in [0, 0.05) is 28.6 Å². The van der Waals surface area contributed by atoms with Crippen molar-refractivity contribution in [3.05, 3.63) is 39.4 Å². The Hall–Kier alpha value is -1.43. The summed E-state index contributed by atoms with van der Waals surface area (Å²) in [6.07, 6.45) is 0. The van der Waals surface area contributed by atoms with Gasteiger partial charge in [-0.3, -0.25) is 14.9 Å².